The average Bonchev–Trinajstić information content (AvgIpc) is 2.16. The number of ether oxygens (including phenoxy) is 1. The molecule has 0 spiro atoms. The van der Waals surface area contributed by atoms with E-state index in [1.165, 1.54) is 12.1 Å². The van der Waals surface area contributed by atoms with Crippen LogP contribution in [-0.2, 0) is 6.61 Å². The van der Waals surface area contributed by atoms with E-state index in [2.05, 4.69) is 0 Å². The summed E-state index contributed by atoms with van der Waals surface area (Å²) in [5, 5.41) is 17.8. The lowest BCUT2D eigenvalue weighted by Crippen LogP contribution is -2.07. The van der Waals surface area contributed by atoms with E-state index in [9.17, 15) is 4.39 Å². The molecule has 0 saturated heterocycles. The largest absolute Gasteiger partial charge is 0.493 e. The van der Waals surface area contributed by atoms with Gasteiger partial charge in [-0.3, -0.25) is 0 Å². The van der Waals surface area contributed by atoms with E-state index in [1.54, 1.807) is 13.0 Å². The fourth-order valence-electron chi connectivity index (χ4n) is 1.14. The summed E-state index contributed by atoms with van der Waals surface area (Å²) < 4.78 is 18.2. The Morgan fingerprint density at radius 1 is 1.40 bits per heavy atom. The summed E-state index contributed by atoms with van der Waals surface area (Å²) in [6, 6.07) is 4.08. The van der Waals surface area contributed by atoms with Gasteiger partial charge in [0.05, 0.1) is 19.3 Å². The molecule has 0 radical (unpaired) electrons. The molecule has 1 atom stereocenters. The highest BCUT2D eigenvalue weighted by Crippen LogP contribution is 2.16. The molecular weight excluding hydrogens is 199 g/mol. The molecule has 84 valence electrons. The standard InChI is InChI=1S/C11H15FO3/c1-8(14)2-3-15-11-5-9(7-13)4-10(12)6-11/h4-6,8,13-14H,2-3,7H2,1H3. The van der Waals surface area contributed by atoms with Crippen molar-refractivity contribution in [2.75, 3.05) is 6.61 Å². The molecule has 15 heavy (non-hydrogen) atoms. The zero-order valence-corrected chi connectivity index (χ0v) is 8.61. The molecule has 0 saturated carbocycles. The minimum Gasteiger partial charge on any atom is -0.493 e. The lowest BCUT2D eigenvalue weighted by Gasteiger charge is -2.08. The Morgan fingerprint density at radius 2 is 2.13 bits per heavy atom. The molecule has 0 bridgehead atoms. The monoisotopic (exact) mass is 214 g/mol. The van der Waals surface area contributed by atoms with Crippen molar-refractivity contribution in [3.05, 3.63) is 29.6 Å². The number of rotatable bonds is 5. The zero-order valence-electron chi connectivity index (χ0n) is 8.61. The highest BCUT2D eigenvalue weighted by Gasteiger charge is 2.02. The summed E-state index contributed by atoms with van der Waals surface area (Å²) in [7, 11) is 0. The lowest BCUT2D eigenvalue weighted by molar-refractivity contribution is 0.155. The van der Waals surface area contributed by atoms with Crippen LogP contribution >= 0.6 is 0 Å². The first-order valence-electron chi connectivity index (χ1n) is 4.83. The molecule has 1 aromatic carbocycles. The maximum atomic E-state index is 13.0. The van der Waals surface area contributed by atoms with Gasteiger partial charge in [-0.25, -0.2) is 4.39 Å². The van der Waals surface area contributed by atoms with Gasteiger partial charge in [0, 0.05) is 12.5 Å². The first-order chi connectivity index (χ1) is 7.11. The molecule has 1 rings (SSSR count). The maximum absolute atomic E-state index is 13.0. The fraction of sp³-hybridized carbons (Fsp3) is 0.455. The molecule has 0 aliphatic carbocycles. The van der Waals surface area contributed by atoms with Crippen LogP contribution in [0.3, 0.4) is 0 Å². The zero-order chi connectivity index (χ0) is 11.3. The van der Waals surface area contributed by atoms with Gasteiger partial charge in [-0.2, -0.15) is 0 Å². The van der Waals surface area contributed by atoms with Gasteiger partial charge in [0.2, 0.25) is 0 Å². The molecular formula is C11H15FO3. The van der Waals surface area contributed by atoms with Gasteiger partial charge in [-0.15, -0.1) is 0 Å². The summed E-state index contributed by atoms with van der Waals surface area (Å²) in [5.74, 6) is -0.0618. The molecule has 3 nitrogen and oxygen atoms in total. The molecule has 0 heterocycles. The quantitative estimate of drug-likeness (QED) is 0.780. The topological polar surface area (TPSA) is 49.7 Å². The van der Waals surface area contributed by atoms with Gasteiger partial charge >= 0.3 is 0 Å². The normalized spacial score (nSPS) is 12.5. The van der Waals surface area contributed by atoms with Crippen LogP contribution in [0, 0.1) is 5.82 Å². The first-order valence-corrected chi connectivity index (χ1v) is 4.83. The average molecular weight is 214 g/mol. The second-order valence-corrected chi connectivity index (χ2v) is 3.44. The highest BCUT2D eigenvalue weighted by atomic mass is 19.1. The van der Waals surface area contributed by atoms with Crippen LogP contribution < -0.4 is 4.74 Å². The Morgan fingerprint density at radius 3 is 2.73 bits per heavy atom. The Balaban J connectivity index is 2.56. The highest BCUT2D eigenvalue weighted by molar-refractivity contribution is 5.29. The van der Waals surface area contributed by atoms with Crippen LogP contribution in [0.4, 0.5) is 4.39 Å². The molecule has 0 aliphatic heterocycles. The van der Waals surface area contributed by atoms with Gasteiger partial charge in [-0.1, -0.05) is 0 Å². The van der Waals surface area contributed by atoms with Crippen molar-refractivity contribution < 1.29 is 19.3 Å². The summed E-state index contributed by atoms with van der Waals surface area (Å²) >= 11 is 0. The number of hydrogen-bond donors (Lipinski definition) is 2. The Bertz CT molecular complexity index is 313. The van der Waals surface area contributed by atoms with E-state index in [0.29, 0.717) is 24.3 Å². The van der Waals surface area contributed by atoms with Crippen LogP contribution in [0.2, 0.25) is 0 Å². The third-order valence-corrected chi connectivity index (χ3v) is 1.92. The molecule has 1 aromatic rings. The Hall–Kier alpha value is -1.13. The smallest absolute Gasteiger partial charge is 0.127 e. The number of aliphatic hydroxyl groups excluding tert-OH is 2. The van der Waals surface area contributed by atoms with Crippen LogP contribution in [-0.4, -0.2) is 22.9 Å². The van der Waals surface area contributed by atoms with Crippen LogP contribution in [0.25, 0.3) is 0 Å². The molecule has 0 fully saturated rings. The predicted molar refractivity (Wildman–Crippen MR) is 54.1 cm³/mol. The van der Waals surface area contributed by atoms with E-state index in [4.69, 9.17) is 14.9 Å². The van der Waals surface area contributed by atoms with Gasteiger partial charge < -0.3 is 14.9 Å². The van der Waals surface area contributed by atoms with Gasteiger partial charge in [0.15, 0.2) is 0 Å². The molecule has 2 N–H and O–H groups in total. The van der Waals surface area contributed by atoms with Gasteiger partial charge in [0.1, 0.15) is 11.6 Å². The van der Waals surface area contributed by atoms with Crippen molar-refractivity contribution in [1.29, 1.82) is 0 Å². The van der Waals surface area contributed by atoms with Crippen LogP contribution in [0.15, 0.2) is 18.2 Å². The third-order valence-electron chi connectivity index (χ3n) is 1.92. The van der Waals surface area contributed by atoms with Crippen molar-refractivity contribution in [2.45, 2.75) is 26.1 Å². The van der Waals surface area contributed by atoms with E-state index >= 15 is 0 Å². The van der Waals surface area contributed by atoms with Crippen molar-refractivity contribution in [1.82, 2.24) is 0 Å². The van der Waals surface area contributed by atoms with Gasteiger partial charge in [0.25, 0.3) is 0 Å². The van der Waals surface area contributed by atoms with E-state index in [1.807, 2.05) is 0 Å². The molecule has 0 aliphatic rings. The van der Waals surface area contributed by atoms with Crippen LogP contribution in [0.5, 0.6) is 5.75 Å². The second-order valence-electron chi connectivity index (χ2n) is 3.44. The summed E-state index contributed by atoms with van der Waals surface area (Å²) in [4.78, 5) is 0. The second kappa shape index (κ2) is 5.68. The Kier molecular flexibility index (Phi) is 4.52. The van der Waals surface area contributed by atoms with E-state index in [0.717, 1.165) is 0 Å². The third kappa shape index (κ3) is 4.27. The van der Waals surface area contributed by atoms with Gasteiger partial charge in [-0.05, 0) is 24.6 Å². The number of halogens is 1. The summed E-state index contributed by atoms with van der Waals surface area (Å²) in [6.45, 7) is 1.77. The maximum Gasteiger partial charge on any atom is 0.127 e. The van der Waals surface area contributed by atoms with Crippen molar-refractivity contribution in [3.63, 3.8) is 0 Å². The predicted octanol–water partition coefficient (Wildman–Crippen LogP) is 1.47. The summed E-state index contributed by atoms with van der Waals surface area (Å²) in [5.41, 5.74) is 0.474. The van der Waals surface area contributed by atoms with Crippen LogP contribution in [0.1, 0.15) is 18.9 Å². The molecule has 1 unspecified atom stereocenters. The first kappa shape index (κ1) is 11.9. The minimum atomic E-state index is -0.436. The van der Waals surface area contributed by atoms with Crippen molar-refractivity contribution >= 4 is 0 Å². The SMILES string of the molecule is CC(O)CCOc1cc(F)cc(CO)c1. The van der Waals surface area contributed by atoms with E-state index < -0.39 is 11.9 Å². The van der Waals surface area contributed by atoms with Crippen molar-refractivity contribution in [2.24, 2.45) is 0 Å². The number of aliphatic hydroxyl groups is 2. The van der Waals surface area contributed by atoms with Crippen molar-refractivity contribution in [3.8, 4) is 5.75 Å². The number of benzene rings is 1. The molecule has 0 aromatic heterocycles. The Labute approximate surface area is 88.1 Å². The number of hydrogen-bond acceptors (Lipinski definition) is 3. The lowest BCUT2D eigenvalue weighted by atomic mass is 10.2. The minimum absolute atomic E-state index is 0.218. The summed E-state index contributed by atoms with van der Waals surface area (Å²) in [6.07, 6.45) is 0.0567. The molecule has 0 amide bonds. The molecule has 4 heteroatoms. The van der Waals surface area contributed by atoms with E-state index in [-0.39, 0.29) is 6.61 Å². The fourth-order valence-corrected chi connectivity index (χ4v) is 1.14.